The van der Waals surface area contributed by atoms with E-state index < -0.39 is 0 Å². The van der Waals surface area contributed by atoms with Crippen molar-refractivity contribution < 1.29 is 4.39 Å². The van der Waals surface area contributed by atoms with Crippen molar-refractivity contribution in [3.05, 3.63) is 0 Å². The van der Waals surface area contributed by atoms with Crippen LogP contribution in [0.25, 0.3) is 0 Å². The third-order valence-corrected chi connectivity index (χ3v) is 1.05. The van der Waals surface area contributed by atoms with Crippen LogP contribution in [-0.2, 0) is 0 Å². The maximum Gasteiger partial charge on any atom is 0.102 e. The highest BCUT2D eigenvalue weighted by Gasteiger charge is 1.91. The fraction of sp³-hybridized carbons (Fsp3) is 1.00. The van der Waals surface area contributed by atoms with Gasteiger partial charge in [0.15, 0.2) is 0 Å². The summed E-state index contributed by atoms with van der Waals surface area (Å²) in [6.07, 6.45) is 0.917. The van der Waals surface area contributed by atoms with E-state index in [1.165, 1.54) is 0 Å². The summed E-state index contributed by atoms with van der Waals surface area (Å²) in [5, 5.41) is 2.91. The molecule has 0 rings (SSSR count). The van der Waals surface area contributed by atoms with Crippen LogP contribution in [0.4, 0.5) is 4.39 Å². The molecule has 0 bridgehead atoms. The lowest BCUT2D eigenvalue weighted by Gasteiger charge is -2.03. The topological polar surface area (TPSA) is 38.0 Å². The van der Waals surface area contributed by atoms with Gasteiger partial charge < -0.3 is 11.1 Å². The standard InChI is InChI=1S/C6H15FN2/c1-6(8)2-4-9-5-3-7/h6,9H,2-5,8H2,1H3. The highest BCUT2D eigenvalue weighted by molar-refractivity contribution is 4.55. The molecular formula is C6H15FN2. The summed E-state index contributed by atoms with van der Waals surface area (Å²) in [6.45, 7) is 2.92. The smallest absolute Gasteiger partial charge is 0.102 e. The van der Waals surface area contributed by atoms with Gasteiger partial charge in [-0.3, -0.25) is 0 Å². The Morgan fingerprint density at radius 3 is 2.67 bits per heavy atom. The molecule has 3 N–H and O–H groups in total. The Labute approximate surface area is 55.6 Å². The van der Waals surface area contributed by atoms with Gasteiger partial charge in [0.25, 0.3) is 0 Å². The molecule has 3 heteroatoms. The predicted octanol–water partition coefficient (Wildman–Crippen LogP) is 0.283. The summed E-state index contributed by atoms with van der Waals surface area (Å²) in [5.74, 6) is 0. The second kappa shape index (κ2) is 5.98. The Balaban J connectivity index is 2.75. The quantitative estimate of drug-likeness (QED) is 0.530. The second-order valence-corrected chi connectivity index (χ2v) is 2.20. The van der Waals surface area contributed by atoms with Crippen LogP contribution in [0.2, 0.25) is 0 Å². The molecule has 0 aliphatic rings. The van der Waals surface area contributed by atoms with Crippen molar-refractivity contribution >= 4 is 0 Å². The maximum atomic E-state index is 11.4. The number of rotatable bonds is 5. The van der Waals surface area contributed by atoms with E-state index in [4.69, 9.17) is 5.73 Å². The lowest BCUT2D eigenvalue weighted by atomic mass is 10.2. The third kappa shape index (κ3) is 7.85. The molecule has 0 aromatic heterocycles. The molecule has 0 fully saturated rings. The lowest BCUT2D eigenvalue weighted by Crippen LogP contribution is -2.25. The van der Waals surface area contributed by atoms with E-state index in [9.17, 15) is 4.39 Å². The molecule has 0 heterocycles. The molecule has 1 atom stereocenters. The molecule has 9 heavy (non-hydrogen) atoms. The van der Waals surface area contributed by atoms with Gasteiger partial charge in [-0.1, -0.05) is 0 Å². The summed E-state index contributed by atoms with van der Waals surface area (Å²) >= 11 is 0. The zero-order valence-corrected chi connectivity index (χ0v) is 5.86. The van der Waals surface area contributed by atoms with Crippen molar-refractivity contribution in [2.45, 2.75) is 19.4 Å². The van der Waals surface area contributed by atoms with Gasteiger partial charge in [-0.25, -0.2) is 4.39 Å². The Kier molecular flexibility index (Phi) is 5.88. The van der Waals surface area contributed by atoms with Crippen molar-refractivity contribution in [1.29, 1.82) is 0 Å². The molecule has 0 aliphatic carbocycles. The van der Waals surface area contributed by atoms with E-state index >= 15 is 0 Å². The molecule has 0 saturated carbocycles. The Bertz CT molecular complexity index is 57.0. The fourth-order valence-electron chi connectivity index (χ4n) is 0.522. The van der Waals surface area contributed by atoms with E-state index in [-0.39, 0.29) is 12.7 Å². The van der Waals surface area contributed by atoms with Crippen LogP contribution in [-0.4, -0.2) is 25.8 Å². The maximum absolute atomic E-state index is 11.4. The molecule has 0 aliphatic heterocycles. The summed E-state index contributed by atoms with van der Waals surface area (Å²) in [6, 6.07) is 0.220. The minimum Gasteiger partial charge on any atom is -0.328 e. The second-order valence-electron chi connectivity index (χ2n) is 2.20. The SMILES string of the molecule is CC(N)CCNCCF. The van der Waals surface area contributed by atoms with Crippen LogP contribution in [0.5, 0.6) is 0 Å². The Morgan fingerprint density at radius 1 is 1.56 bits per heavy atom. The van der Waals surface area contributed by atoms with Crippen LogP contribution < -0.4 is 11.1 Å². The van der Waals surface area contributed by atoms with Crippen LogP contribution in [0.3, 0.4) is 0 Å². The summed E-state index contributed by atoms with van der Waals surface area (Å²) in [7, 11) is 0. The van der Waals surface area contributed by atoms with Crippen molar-refractivity contribution in [3.63, 3.8) is 0 Å². The highest BCUT2D eigenvalue weighted by atomic mass is 19.1. The third-order valence-electron chi connectivity index (χ3n) is 1.05. The molecule has 0 amide bonds. The molecule has 56 valence electrons. The van der Waals surface area contributed by atoms with Gasteiger partial charge in [-0.15, -0.1) is 0 Å². The van der Waals surface area contributed by atoms with Gasteiger partial charge in [0.2, 0.25) is 0 Å². The van der Waals surface area contributed by atoms with Gasteiger partial charge in [-0.2, -0.15) is 0 Å². The molecule has 0 radical (unpaired) electrons. The first-order chi connectivity index (χ1) is 4.27. The van der Waals surface area contributed by atoms with Crippen molar-refractivity contribution in [1.82, 2.24) is 5.32 Å². The van der Waals surface area contributed by atoms with E-state index in [1.54, 1.807) is 0 Å². The molecule has 0 spiro atoms. The van der Waals surface area contributed by atoms with E-state index in [0.717, 1.165) is 13.0 Å². The molecule has 0 aromatic carbocycles. The molecule has 0 aromatic rings. The first-order valence-electron chi connectivity index (χ1n) is 3.29. The highest BCUT2D eigenvalue weighted by Crippen LogP contribution is 1.81. The number of alkyl halides is 1. The van der Waals surface area contributed by atoms with Gasteiger partial charge in [-0.05, 0) is 19.9 Å². The van der Waals surface area contributed by atoms with Crippen molar-refractivity contribution in [2.75, 3.05) is 19.8 Å². The average Bonchev–Trinajstić information content (AvgIpc) is 1.80. The zero-order valence-electron chi connectivity index (χ0n) is 5.86. The number of nitrogens with one attached hydrogen (secondary N) is 1. The summed E-state index contributed by atoms with van der Waals surface area (Å²) in [5.41, 5.74) is 5.44. The Morgan fingerprint density at radius 2 is 2.22 bits per heavy atom. The van der Waals surface area contributed by atoms with Gasteiger partial charge >= 0.3 is 0 Å². The number of halogens is 1. The minimum absolute atomic E-state index is 0.220. The average molecular weight is 134 g/mol. The van der Waals surface area contributed by atoms with Crippen molar-refractivity contribution in [3.8, 4) is 0 Å². The van der Waals surface area contributed by atoms with Crippen LogP contribution >= 0.6 is 0 Å². The Hall–Kier alpha value is -0.150. The van der Waals surface area contributed by atoms with Crippen LogP contribution in [0, 0.1) is 0 Å². The summed E-state index contributed by atoms with van der Waals surface area (Å²) < 4.78 is 11.4. The number of nitrogens with two attached hydrogens (primary N) is 1. The molecule has 1 unspecified atom stereocenters. The van der Waals surface area contributed by atoms with E-state index in [0.29, 0.717) is 6.54 Å². The summed E-state index contributed by atoms with van der Waals surface area (Å²) in [4.78, 5) is 0. The zero-order chi connectivity index (χ0) is 7.11. The normalized spacial score (nSPS) is 13.7. The van der Waals surface area contributed by atoms with Crippen LogP contribution in [0.15, 0.2) is 0 Å². The van der Waals surface area contributed by atoms with Crippen molar-refractivity contribution in [2.24, 2.45) is 5.73 Å². The minimum atomic E-state index is -0.293. The molecule has 2 nitrogen and oxygen atoms in total. The first-order valence-corrected chi connectivity index (χ1v) is 3.29. The predicted molar refractivity (Wildman–Crippen MR) is 37.1 cm³/mol. The van der Waals surface area contributed by atoms with Gasteiger partial charge in [0.1, 0.15) is 6.67 Å². The monoisotopic (exact) mass is 134 g/mol. The molecule has 0 saturated heterocycles. The van der Waals surface area contributed by atoms with E-state index in [2.05, 4.69) is 5.32 Å². The van der Waals surface area contributed by atoms with Gasteiger partial charge in [0, 0.05) is 12.6 Å². The fourth-order valence-corrected chi connectivity index (χ4v) is 0.522. The first kappa shape index (κ1) is 8.85. The molecular weight excluding hydrogens is 119 g/mol. The number of hydrogen-bond acceptors (Lipinski definition) is 2. The lowest BCUT2D eigenvalue weighted by molar-refractivity contribution is 0.460. The largest absolute Gasteiger partial charge is 0.328 e. The number of hydrogen-bond donors (Lipinski definition) is 2. The van der Waals surface area contributed by atoms with Gasteiger partial charge in [0.05, 0.1) is 0 Å². The van der Waals surface area contributed by atoms with E-state index in [1.807, 2.05) is 6.92 Å². The van der Waals surface area contributed by atoms with Crippen LogP contribution in [0.1, 0.15) is 13.3 Å².